The summed E-state index contributed by atoms with van der Waals surface area (Å²) in [5.74, 6) is -0.174. The third-order valence-electron chi connectivity index (χ3n) is 3.83. The van der Waals surface area contributed by atoms with E-state index in [4.69, 9.17) is 9.31 Å². The first-order valence-electron chi connectivity index (χ1n) is 6.30. The molecule has 6 heteroatoms. The van der Waals surface area contributed by atoms with Crippen LogP contribution in [0.25, 0.3) is 0 Å². The Balaban J connectivity index is 2.37. The zero-order valence-corrected chi connectivity index (χ0v) is 12.0. The molecule has 0 unspecified atom stereocenters. The summed E-state index contributed by atoms with van der Waals surface area (Å²) < 4.78 is 11.9. The van der Waals surface area contributed by atoms with Crippen LogP contribution in [0.2, 0.25) is 0 Å². The molecule has 0 bridgehead atoms. The Labute approximate surface area is 113 Å². The predicted molar refractivity (Wildman–Crippen MR) is 73.3 cm³/mol. The molecule has 2 heterocycles. The van der Waals surface area contributed by atoms with Gasteiger partial charge in [0.1, 0.15) is 0 Å². The Bertz CT molecular complexity index is 486. The fourth-order valence-corrected chi connectivity index (χ4v) is 1.91. The summed E-state index contributed by atoms with van der Waals surface area (Å²) in [5, 5.41) is 2.61. The topological polar surface area (TPSA) is 60.5 Å². The van der Waals surface area contributed by atoms with Crippen LogP contribution in [0.3, 0.4) is 0 Å². The summed E-state index contributed by atoms with van der Waals surface area (Å²) in [6.07, 6.45) is 3.20. The predicted octanol–water partition coefficient (Wildman–Crippen LogP) is 0.740. The molecule has 19 heavy (non-hydrogen) atoms. The van der Waals surface area contributed by atoms with Crippen LogP contribution < -0.4 is 10.8 Å². The summed E-state index contributed by atoms with van der Waals surface area (Å²) in [7, 11) is 1.02. The van der Waals surface area contributed by atoms with Crippen molar-refractivity contribution in [2.75, 3.05) is 7.05 Å². The molecule has 1 fully saturated rings. The van der Waals surface area contributed by atoms with E-state index in [2.05, 4.69) is 10.3 Å². The van der Waals surface area contributed by atoms with Gasteiger partial charge in [-0.05, 0) is 33.8 Å². The zero-order valence-electron chi connectivity index (χ0n) is 12.0. The molecule has 1 saturated heterocycles. The number of nitrogens with zero attached hydrogens (tertiary/aromatic N) is 1. The van der Waals surface area contributed by atoms with Gasteiger partial charge in [-0.15, -0.1) is 0 Å². The van der Waals surface area contributed by atoms with Gasteiger partial charge in [0.15, 0.2) is 0 Å². The molecular formula is C13H19BN2O3. The highest BCUT2D eigenvalue weighted by Crippen LogP contribution is 2.36. The summed E-state index contributed by atoms with van der Waals surface area (Å²) >= 11 is 0. The molecule has 1 N–H and O–H groups in total. The van der Waals surface area contributed by atoms with Crippen molar-refractivity contribution < 1.29 is 14.1 Å². The first kappa shape index (κ1) is 14.0. The summed E-state index contributed by atoms with van der Waals surface area (Å²) in [4.78, 5) is 15.9. The third kappa shape index (κ3) is 2.38. The van der Waals surface area contributed by atoms with E-state index in [0.717, 1.165) is 0 Å². The van der Waals surface area contributed by atoms with Crippen molar-refractivity contribution in [3.05, 3.63) is 24.0 Å². The molecule has 0 aromatic carbocycles. The van der Waals surface area contributed by atoms with Crippen LogP contribution in [0.5, 0.6) is 0 Å². The van der Waals surface area contributed by atoms with E-state index in [1.807, 2.05) is 27.7 Å². The molecule has 1 aromatic heterocycles. The Morgan fingerprint density at radius 2 is 1.84 bits per heavy atom. The Morgan fingerprint density at radius 3 is 2.37 bits per heavy atom. The minimum Gasteiger partial charge on any atom is -0.399 e. The lowest BCUT2D eigenvalue weighted by molar-refractivity contribution is 0.00578. The lowest BCUT2D eigenvalue weighted by Gasteiger charge is -2.32. The second-order valence-corrected chi connectivity index (χ2v) is 5.63. The van der Waals surface area contributed by atoms with Gasteiger partial charge in [0.05, 0.1) is 11.2 Å². The molecular weight excluding hydrogens is 243 g/mol. The van der Waals surface area contributed by atoms with Gasteiger partial charge in [-0.1, -0.05) is 0 Å². The van der Waals surface area contributed by atoms with Crippen molar-refractivity contribution >= 4 is 18.5 Å². The van der Waals surface area contributed by atoms with Crippen LogP contribution in [0, 0.1) is 0 Å². The van der Waals surface area contributed by atoms with E-state index in [1.54, 1.807) is 25.5 Å². The van der Waals surface area contributed by atoms with Gasteiger partial charge in [0.2, 0.25) is 0 Å². The van der Waals surface area contributed by atoms with E-state index in [-0.39, 0.29) is 5.91 Å². The van der Waals surface area contributed by atoms with Gasteiger partial charge in [-0.3, -0.25) is 9.78 Å². The summed E-state index contributed by atoms with van der Waals surface area (Å²) in [5.41, 5.74) is 0.303. The highest BCUT2D eigenvalue weighted by molar-refractivity contribution is 6.63. The molecule has 1 aliphatic heterocycles. The summed E-state index contributed by atoms with van der Waals surface area (Å²) in [6.45, 7) is 7.90. The van der Waals surface area contributed by atoms with E-state index < -0.39 is 18.3 Å². The highest BCUT2D eigenvalue weighted by Gasteiger charge is 2.52. The van der Waals surface area contributed by atoms with Gasteiger partial charge >= 0.3 is 7.12 Å². The molecule has 0 spiro atoms. The average Bonchev–Trinajstić information content (AvgIpc) is 2.57. The SMILES string of the molecule is CNC(=O)c1ccncc1B1OC(C)(C)C(C)(C)O1. The van der Waals surface area contributed by atoms with Gasteiger partial charge in [-0.2, -0.15) is 0 Å². The normalized spacial score (nSPS) is 20.4. The number of aromatic nitrogens is 1. The van der Waals surface area contributed by atoms with E-state index in [0.29, 0.717) is 11.0 Å². The third-order valence-corrected chi connectivity index (χ3v) is 3.83. The molecule has 1 aliphatic rings. The Morgan fingerprint density at radius 1 is 1.26 bits per heavy atom. The van der Waals surface area contributed by atoms with Crippen molar-refractivity contribution in [2.45, 2.75) is 38.9 Å². The number of pyridine rings is 1. The van der Waals surface area contributed by atoms with Gasteiger partial charge in [0, 0.05) is 30.5 Å². The lowest BCUT2D eigenvalue weighted by Crippen LogP contribution is -2.41. The van der Waals surface area contributed by atoms with Gasteiger partial charge < -0.3 is 14.6 Å². The summed E-state index contributed by atoms with van der Waals surface area (Å²) in [6, 6.07) is 1.67. The minimum atomic E-state index is -0.578. The standard InChI is InChI=1S/C13H19BN2O3/c1-12(2)13(3,4)19-14(18-12)10-8-16-7-6-9(10)11(17)15-5/h6-8H,1-5H3,(H,15,17). The number of amides is 1. The molecule has 0 aliphatic carbocycles. The first-order chi connectivity index (χ1) is 8.78. The molecule has 2 rings (SSSR count). The van der Waals surface area contributed by atoms with Crippen molar-refractivity contribution in [3.8, 4) is 0 Å². The molecule has 0 saturated carbocycles. The Hall–Kier alpha value is -1.40. The number of carbonyl (C=O) groups excluding carboxylic acids is 1. The van der Waals surface area contributed by atoms with Gasteiger partial charge in [-0.25, -0.2) is 0 Å². The van der Waals surface area contributed by atoms with Crippen molar-refractivity contribution in [1.82, 2.24) is 10.3 Å². The van der Waals surface area contributed by atoms with Crippen molar-refractivity contribution in [3.63, 3.8) is 0 Å². The van der Waals surface area contributed by atoms with Crippen LogP contribution in [-0.2, 0) is 9.31 Å². The van der Waals surface area contributed by atoms with Crippen LogP contribution in [-0.4, -0.2) is 36.3 Å². The number of rotatable bonds is 2. The van der Waals surface area contributed by atoms with Crippen LogP contribution in [0.4, 0.5) is 0 Å². The maximum absolute atomic E-state index is 11.9. The van der Waals surface area contributed by atoms with Crippen LogP contribution in [0.1, 0.15) is 38.1 Å². The molecule has 102 valence electrons. The zero-order chi connectivity index (χ0) is 14.3. The molecule has 1 amide bonds. The Kier molecular flexibility index (Phi) is 3.41. The fraction of sp³-hybridized carbons (Fsp3) is 0.538. The monoisotopic (exact) mass is 262 g/mol. The number of hydrogen-bond donors (Lipinski definition) is 1. The quantitative estimate of drug-likeness (QED) is 0.798. The number of carbonyl (C=O) groups is 1. The number of hydrogen-bond acceptors (Lipinski definition) is 4. The van der Waals surface area contributed by atoms with Crippen LogP contribution in [0.15, 0.2) is 18.5 Å². The highest BCUT2D eigenvalue weighted by atomic mass is 16.7. The average molecular weight is 262 g/mol. The van der Waals surface area contributed by atoms with Crippen LogP contribution >= 0.6 is 0 Å². The van der Waals surface area contributed by atoms with Crippen molar-refractivity contribution in [1.29, 1.82) is 0 Å². The second kappa shape index (κ2) is 4.61. The van der Waals surface area contributed by atoms with Crippen molar-refractivity contribution in [2.24, 2.45) is 0 Å². The molecule has 0 radical (unpaired) electrons. The number of nitrogens with one attached hydrogen (secondary N) is 1. The maximum atomic E-state index is 11.9. The largest absolute Gasteiger partial charge is 0.497 e. The first-order valence-corrected chi connectivity index (χ1v) is 6.30. The van der Waals surface area contributed by atoms with E-state index in [9.17, 15) is 4.79 Å². The smallest absolute Gasteiger partial charge is 0.399 e. The molecule has 0 atom stereocenters. The van der Waals surface area contributed by atoms with E-state index in [1.165, 1.54) is 0 Å². The second-order valence-electron chi connectivity index (χ2n) is 5.63. The minimum absolute atomic E-state index is 0.174. The lowest BCUT2D eigenvalue weighted by atomic mass is 9.77. The van der Waals surface area contributed by atoms with E-state index >= 15 is 0 Å². The molecule has 5 nitrogen and oxygen atoms in total. The maximum Gasteiger partial charge on any atom is 0.497 e. The van der Waals surface area contributed by atoms with Gasteiger partial charge in [0.25, 0.3) is 5.91 Å². The molecule has 1 aromatic rings. The fourth-order valence-electron chi connectivity index (χ4n) is 1.91.